The molecule has 4 heteroatoms. The predicted molar refractivity (Wildman–Crippen MR) is 50.4 cm³/mol. The lowest BCUT2D eigenvalue weighted by molar-refractivity contribution is -0.147. The molecule has 1 unspecified atom stereocenters. The van der Waals surface area contributed by atoms with Gasteiger partial charge in [0.2, 0.25) is 0 Å². The van der Waals surface area contributed by atoms with Crippen molar-refractivity contribution >= 4 is 21.9 Å². The molecular formula is C8H15BrO3. The van der Waals surface area contributed by atoms with Gasteiger partial charge in [-0.2, -0.15) is 0 Å². The van der Waals surface area contributed by atoms with Gasteiger partial charge in [-0.05, 0) is 6.42 Å². The Labute approximate surface area is 81.6 Å². The first-order chi connectivity index (χ1) is 5.76. The largest absolute Gasteiger partial charge is 0.469 e. The molecule has 0 radical (unpaired) electrons. The molecule has 0 aliphatic carbocycles. The average molecular weight is 239 g/mol. The normalized spacial score (nSPS) is 12.6. The van der Waals surface area contributed by atoms with Crippen LogP contribution in [0.15, 0.2) is 0 Å². The zero-order chi connectivity index (χ0) is 9.40. The number of carbonyl (C=O) groups excluding carboxylic acids is 1. The van der Waals surface area contributed by atoms with Crippen molar-refractivity contribution in [3.05, 3.63) is 0 Å². The second-order valence-electron chi connectivity index (χ2n) is 2.39. The van der Waals surface area contributed by atoms with Gasteiger partial charge >= 0.3 is 5.97 Å². The molecule has 72 valence electrons. The van der Waals surface area contributed by atoms with Gasteiger partial charge in [-0.15, -0.1) is 0 Å². The third-order valence-corrected chi connectivity index (χ3v) is 1.89. The van der Waals surface area contributed by atoms with Crippen molar-refractivity contribution in [2.75, 3.05) is 25.7 Å². The SMILES string of the molecule is CCC(COCCBr)C(=O)OC. The third kappa shape index (κ3) is 4.72. The molecule has 0 bridgehead atoms. The zero-order valence-electron chi connectivity index (χ0n) is 7.51. The second kappa shape index (κ2) is 7.55. The average Bonchev–Trinajstić information content (AvgIpc) is 2.11. The number of esters is 1. The molecule has 0 aromatic rings. The molecule has 0 amide bonds. The van der Waals surface area contributed by atoms with E-state index in [1.807, 2.05) is 6.92 Å². The van der Waals surface area contributed by atoms with Crippen molar-refractivity contribution in [1.82, 2.24) is 0 Å². The van der Waals surface area contributed by atoms with Gasteiger partial charge in [-0.25, -0.2) is 0 Å². The van der Waals surface area contributed by atoms with Crippen LogP contribution < -0.4 is 0 Å². The molecule has 0 saturated heterocycles. The van der Waals surface area contributed by atoms with Crippen LogP contribution in [0.25, 0.3) is 0 Å². The van der Waals surface area contributed by atoms with Crippen LogP contribution in [-0.2, 0) is 14.3 Å². The highest BCUT2D eigenvalue weighted by Crippen LogP contribution is 2.05. The summed E-state index contributed by atoms with van der Waals surface area (Å²) in [5, 5.41) is 0.796. The lowest BCUT2D eigenvalue weighted by Crippen LogP contribution is -2.21. The number of ether oxygens (including phenoxy) is 2. The summed E-state index contributed by atoms with van der Waals surface area (Å²) in [5.74, 6) is -0.305. The number of carbonyl (C=O) groups is 1. The molecule has 0 aliphatic heterocycles. The topological polar surface area (TPSA) is 35.5 Å². The van der Waals surface area contributed by atoms with Crippen LogP contribution >= 0.6 is 15.9 Å². The van der Waals surface area contributed by atoms with Gasteiger partial charge in [0.25, 0.3) is 0 Å². The summed E-state index contributed by atoms with van der Waals surface area (Å²) < 4.78 is 9.81. The van der Waals surface area contributed by atoms with E-state index in [1.165, 1.54) is 7.11 Å². The van der Waals surface area contributed by atoms with Gasteiger partial charge in [-0.3, -0.25) is 4.79 Å². The smallest absolute Gasteiger partial charge is 0.310 e. The molecule has 0 fully saturated rings. The summed E-state index contributed by atoms with van der Waals surface area (Å²) >= 11 is 3.23. The number of hydrogen-bond acceptors (Lipinski definition) is 3. The van der Waals surface area contributed by atoms with Gasteiger partial charge in [0.1, 0.15) is 0 Å². The van der Waals surface area contributed by atoms with E-state index in [0.717, 1.165) is 11.8 Å². The predicted octanol–water partition coefficient (Wildman–Crippen LogP) is 1.60. The van der Waals surface area contributed by atoms with Crippen molar-refractivity contribution < 1.29 is 14.3 Å². The number of halogens is 1. The summed E-state index contributed by atoms with van der Waals surface area (Å²) in [6.07, 6.45) is 0.759. The summed E-state index contributed by atoms with van der Waals surface area (Å²) in [5.41, 5.74) is 0. The number of methoxy groups -OCH3 is 1. The molecule has 12 heavy (non-hydrogen) atoms. The van der Waals surface area contributed by atoms with Crippen molar-refractivity contribution in [1.29, 1.82) is 0 Å². The summed E-state index contributed by atoms with van der Waals surface area (Å²) in [4.78, 5) is 11.0. The first-order valence-corrected chi connectivity index (χ1v) is 5.09. The van der Waals surface area contributed by atoms with Crippen LogP contribution in [0.2, 0.25) is 0 Å². The van der Waals surface area contributed by atoms with Crippen LogP contribution in [0.5, 0.6) is 0 Å². The van der Waals surface area contributed by atoms with Crippen LogP contribution in [0.4, 0.5) is 0 Å². The quantitative estimate of drug-likeness (QED) is 0.401. The van der Waals surface area contributed by atoms with Gasteiger partial charge in [0, 0.05) is 5.33 Å². The molecule has 0 aliphatic rings. The van der Waals surface area contributed by atoms with Gasteiger partial charge in [0.05, 0.1) is 26.2 Å². The van der Waals surface area contributed by atoms with E-state index in [0.29, 0.717) is 13.2 Å². The Bertz CT molecular complexity index is 127. The lowest BCUT2D eigenvalue weighted by Gasteiger charge is -2.11. The Balaban J connectivity index is 3.60. The third-order valence-electron chi connectivity index (χ3n) is 1.57. The van der Waals surface area contributed by atoms with Gasteiger partial charge in [-0.1, -0.05) is 22.9 Å². The minimum Gasteiger partial charge on any atom is -0.469 e. The first-order valence-electron chi connectivity index (χ1n) is 3.97. The Morgan fingerprint density at radius 2 is 2.25 bits per heavy atom. The lowest BCUT2D eigenvalue weighted by atomic mass is 10.1. The van der Waals surface area contributed by atoms with Crippen molar-refractivity contribution in [2.45, 2.75) is 13.3 Å². The molecule has 0 saturated carbocycles. The van der Waals surface area contributed by atoms with E-state index in [2.05, 4.69) is 20.7 Å². The number of rotatable bonds is 6. The summed E-state index contributed by atoms with van der Waals surface area (Å²) in [7, 11) is 1.40. The molecule has 0 spiro atoms. The number of hydrogen-bond donors (Lipinski definition) is 0. The highest BCUT2D eigenvalue weighted by molar-refractivity contribution is 9.09. The van der Waals surface area contributed by atoms with Crippen LogP contribution in [0.1, 0.15) is 13.3 Å². The minimum absolute atomic E-state index is 0.117. The van der Waals surface area contributed by atoms with Crippen LogP contribution in [0.3, 0.4) is 0 Å². The van der Waals surface area contributed by atoms with E-state index in [1.54, 1.807) is 0 Å². The fourth-order valence-corrected chi connectivity index (χ4v) is 1.03. The molecule has 0 aromatic carbocycles. The Morgan fingerprint density at radius 1 is 1.58 bits per heavy atom. The maximum atomic E-state index is 11.0. The molecular weight excluding hydrogens is 224 g/mol. The molecule has 0 N–H and O–H groups in total. The van der Waals surface area contributed by atoms with E-state index < -0.39 is 0 Å². The molecule has 1 atom stereocenters. The standard InChI is InChI=1S/C8H15BrO3/c1-3-7(8(10)11-2)6-12-5-4-9/h7H,3-6H2,1-2H3. The van der Waals surface area contributed by atoms with Crippen LogP contribution in [0, 0.1) is 5.92 Å². The fourth-order valence-electron chi connectivity index (χ4n) is 0.799. The van der Waals surface area contributed by atoms with Gasteiger partial charge < -0.3 is 9.47 Å². The summed E-state index contributed by atoms with van der Waals surface area (Å²) in [6.45, 7) is 3.03. The van der Waals surface area contributed by atoms with E-state index >= 15 is 0 Å². The minimum atomic E-state index is -0.188. The van der Waals surface area contributed by atoms with Crippen molar-refractivity contribution in [2.24, 2.45) is 5.92 Å². The maximum Gasteiger partial charge on any atom is 0.310 e. The van der Waals surface area contributed by atoms with Crippen molar-refractivity contribution in [3.63, 3.8) is 0 Å². The summed E-state index contributed by atoms with van der Waals surface area (Å²) in [6, 6.07) is 0. The number of alkyl halides is 1. The van der Waals surface area contributed by atoms with E-state index in [-0.39, 0.29) is 11.9 Å². The Hall–Kier alpha value is -0.0900. The second-order valence-corrected chi connectivity index (χ2v) is 3.19. The Kier molecular flexibility index (Phi) is 7.50. The highest BCUT2D eigenvalue weighted by atomic mass is 79.9. The Morgan fingerprint density at radius 3 is 2.67 bits per heavy atom. The van der Waals surface area contributed by atoms with E-state index in [4.69, 9.17) is 4.74 Å². The van der Waals surface area contributed by atoms with Gasteiger partial charge in [0.15, 0.2) is 0 Å². The molecule has 3 nitrogen and oxygen atoms in total. The van der Waals surface area contributed by atoms with Crippen LogP contribution in [-0.4, -0.2) is 31.6 Å². The molecule has 0 aromatic heterocycles. The maximum absolute atomic E-state index is 11.0. The fraction of sp³-hybridized carbons (Fsp3) is 0.875. The van der Waals surface area contributed by atoms with Crippen molar-refractivity contribution in [3.8, 4) is 0 Å². The molecule has 0 heterocycles. The first kappa shape index (κ1) is 11.9. The van der Waals surface area contributed by atoms with E-state index in [9.17, 15) is 4.79 Å². The molecule has 0 rings (SSSR count). The zero-order valence-corrected chi connectivity index (χ0v) is 9.09. The monoisotopic (exact) mass is 238 g/mol. The highest BCUT2D eigenvalue weighted by Gasteiger charge is 2.16.